The zero-order valence-corrected chi connectivity index (χ0v) is 11.8. The second kappa shape index (κ2) is 5.51. The minimum absolute atomic E-state index is 0.341. The third-order valence-electron chi connectivity index (χ3n) is 3.04. The smallest absolute Gasteiger partial charge is 0.407 e. The van der Waals surface area contributed by atoms with Crippen LogP contribution in [0.15, 0.2) is 24.3 Å². The first-order valence-electron chi connectivity index (χ1n) is 6.73. The molecule has 0 fully saturated rings. The summed E-state index contributed by atoms with van der Waals surface area (Å²) in [5, 5.41) is 6.23. The monoisotopic (exact) mass is 262 g/mol. The fraction of sp³-hybridized carbons (Fsp3) is 0.533. The van der Waals surface area contributed by atoms with E-state index in [0.717, 1.165) is 13.0 Å². The third-order valence-corrected chi connectivity index (χ3v) is 3.04. The lowest BCUT2D eigenvalue weighted by Gasteiger charge is -2.27. The number of carbonyl (C=O) groups is 1. The van der Waals surface area contributed by atoms with Gasteiger partial charge in [0.1, 0.15) is 5.60 Å². The average molecular weight is 262 g/mol. The summed E-state index contributed by atoms with van der Waals surface area (Å²) < 4.78 is 5.23. The molecule has 4 heteroatoms. The van der Waals surface area contributed by atoms with Crippen molar-refractivity contribution >= 4 is 11.8 Å². The van der Waals surface area contributed by atoms with Gasteiger partial charge < -0.3 is 15.4 Å². The number of hydrogen-bond acceptors (Lipinski definition) is 3. The minimum atomic E-state index is -0.443. The van der Waals surface area contributed by atoms with Crippen molar-refractivity contribution in [2.24, 2.45) is 5.92 Å². The quantitative estimate of drug-likeness (QED) is 0.861. The molecule has 2 rings (SSSR count). The van der Waals surface area contributed by atoms with Gasteiger partial charge in [0, 0.05) is 18.8 Å². The van der Waals surface area contributed by atoms with Gasteiger partial charge in [0.25, 0.3) is 0 Å². The molecule has 1 aromatic rings. The van der Waals surface area contributed by atoms with Crippen molar-refractivity contribution in [2.75, 3.05) is 18.4 Å². The molecule has 0 bridgehead atoms. The van der Waals surface area contributed by atoms with E-state index in [2.05, 4.69) is 22.8 Å². The van der Waals surface area contributed by atoms with Gasteiger partial charge in [-0.05, 0) is 44.7 Å². The van der Waals surface area contributed by atoms with E-state index in [4.69, 9.17) is 4.74 Å². The largest absolute Gasteiger partial charge is 0.444 e. The van der Waals surface area contributed by atoms with E-state index >= 15 is 0 Å². The molecule has 2 N–H and O–H groups in total. The lowest BCUT2D eigenvalue weighted by Crippen LogP contribution is -2.38. The number of ether oxygens (including phenoxy) is 1. The third kappa shape index (κ3) is 4.16. The first kappa shape index (κ1) is 13.7. The van der Waals surface area contributed by atoms with Crippen LogP contribution in [0.5, 0.6) is 0 Å². The fourth-order valence-corrected chi connectivity index (χ4v) is 2.19. The number of rotatable bonds is 2. The number of benzene rings is 1. The normalized spacial score (nSPS) is 18.2. The molecule has 0 radical (unpaired) electrons. The van der Waals surface area contributed by atoms with Gasteiger partial charge in [-0.25, -0.2) is 4.79 Å². The maximum atomic E-state index is 11.6. The highest BCUT2D eigenvalue weighted by Gasteiger charge is 2.20. The standard InChI is InChI=1S/C15H22N2O2/c1-15(2,3)19-14(18)17-10-11-8-12-6-4-5-7-13(12)16-9-11/h4-7,11,16H,8-10H2,1-3H3,(H,17,18). The van der Waals surface area contributed by atoms with Gasteiger partial charge in [0.2, 0.25) is 0 Å². The van der Waals surface area contributed by atoms with Gasteiger partial charge in [-0.3, -0.25) is 0 Å². The molecule has 19 heavy (non-hydrogen) atoms. The summed E-state index contributed by atoms with van der Waals surface area (Å²) in [6, 6.07) is 8.30. The maximum Gasteiger partial charge on any atom is 0.407 e. The van der Waals surface area contributed by atoms with Gasteiger partial charge >= 0.3 is 6.09 Å². The van der Waals surface area contributed by atoms with E-state index in [1.165, 1.54) is 11.3 Å². The fourth-order valence-electron chi connectivity index (χ4n) is 2.19. The highest BCUT2D eigenvalue weighted by Crippen LogP contribution is 2.23. The molecule has 1 aliphatic rings. The van der Waals surface area contributed by atoms with Crippen LogP contribution in [0.3, 0.4) is 0 Å². The van der Waals surface area contributed by atoms with Gasteiger partial charge in [-0.15, -0.1) is 0 Å². The Morgan fingerprint density at radius 3 is 2.89 bits per heavy atom. The van der Waals surface area contributed by atoms with Crippen molar-refractivity contribution in [3.05, 3.63) is 29.8 Å². The second-order valence-corrected chi connectivity index (χ2v) is 5.99. The Kier molecular flexibility index (Phi) is 3.98. The molecule has 0 saturated carbocycles. The van der Waals surface area contributed by atoms with Crippen LogP contribution in [0.4, 0.5) is 10.5 Å². The second-order valence-electron chi connectivity index (χ2n) is 5.99. The molecule has 1 atom stereocenters. The number of hydrogen-bond donors (Lipinski definition) is 2. The van der Waals surface area contributed by atoms with Crippen LogP contribution in [-0.4, -0.2) is 24.8 Å². The molecule has 0 saturated heterocycles. The minimum Gasteiger partial charge on any atom is -0.444 e. The Balaban J connectivity index is 1.81. The number of nitrogens with one attached hydrogen (secondary N) is 2. The van der Waals surface area contributed by atoms with Crippen LogP contribution in [0.2, 0.25) is 0 Å². The van der Waals surface area contributed by atoms with E-state index in [9.17, 15) is 4.79 Å². The van der Waals surface area contributed by atoms with Gasteiger partial charge in [0.05, 0.1) is 0 Å². The Labute approximate surface area is 114 Å². The van der Waals surface area contributed by atoms with Gasteiger partial charge in [-0.1, -0.05) is 18.2 Å². The molecule has 0 spiro atoms. The summed E-state index contributed by atoms with van der Waals surface area (Å²) in [5.74, 6) is 0.405. The highest BCUT2D eigenvalue weighted by molar-refractivity contribution is 5.67. The molecular formula is C15H22N2O2. The summed E-state index contributed by atoms with van der Waals surface area (Å²) >= 11 is 0. The van der Waals surface area contributed by atoms with Crippen LogP contribution < -0.4 is 10.6 Å². The Morgan fingerprint density at radius 2 is 2.16 bits per heavy atom. The van der Waals surface area contributed by atoms with Crippen LogP contribution in [0, 0.1) is 5.92 Å². The number of carbonyl (C=O) groups excluding carboxylic acids is 1. The number of alkyl carbamates (subject to hydrolysis) is 1. The molecule has 1 amide bonds. The number of anilines is 1. The van der Waals surface area contributed by atoms with E-state index in [1.807, 2.05) is 32.9 Å². The van der Waals surface area contributed by atoms with Gasteiger partial charge in [-0.2, -0.15) is 0 Å². The first-order valence-corrected chi connectivity index (χ1v) is 6.73. The lowest BCUT2D eigenvalue weighted by molar-refractivity contribution is 0.0520. The van der Waals surface area contributed by atoms with Crippen molar-refractivity contribution in [2.45, 2.75) is 32.8 Å². The number of fused-ring (bicyclic) bond motifs is 1. The Bertz CT molecular complexity index is 452. The lowest BCUT2D eigenvalue weighted by atomic mass is 9.94. The van der Waals surface area contributed by atoms with E-state index < -0.39 is 5.60 Å². The van der Waals surface area contributed by atoms with Crippen molar-refractivity contribution in [3.8, 4) is 0 Å². The van der Waals surface area contributed by atoms with Crippen molar-refractivity contribution in [1.29, 1.82) is 0 Å². The highest BCUT2D eigenvalue weighted by atomic mass is 16.6. The summed E-state index contributed by atoms with van der Waals surface area (Å²) in [6.45, 7) is 7.12. The summed E-state index contributed by atoms with van der Waals surface area (Å²) in [4.78, 5) is 11.6. The van der Waals surface area contributed by atoms with Crippen molar-refractivity contribution < 1.29 is 9.53 Å². The number of para-hydroxylation sites is 1. The molecule has 104 valence electrons. The molecule has 1 aromatic carbocycles. The SMILES string of the molecule is CC(C)(C)OC(=O)NCC1CNc2ccccc2C1. The average Bonchev–Trinajstić information content (AvgIpc) is 2.34. The molecule has 1 heterocycles. The zero-order chi connectivity index (χ0) is 13.9. The van der Waals surface area contributed by atoms with Crippen LogP contribution in [-0.2, 0) is 11.2 Å². The van der Waals surface area contributed by atoms with Crippen molar-refractivity contribution in [3.63, 3.8) is 0 Å². The Hall–Kier alpha value is -1.71. The summed E-state index contributed by atoms with van der Waals surface area (Å²) in [5.41, 5.74) is 2.07. The molecule has 0 aromatic heterocycles. The molecule has 1 aliphatic heterocycles. The predicted octanol–water partition coefficient (Wildman–Crippen LogP) is 2.80. The van der Waals surface area contributed by atoms with Crippen LogP contribution >= 0.6 is 0 Å². The molecule has 0 aliphatic carbocycles. The predicted molar refractivity (Wildman–Crippen MR) is 76.4 cm³/mol. The van der Waals surface area contributed by atoms with Crippen LogP contribution in [0.1, 0.15) is 26.3 Å². The van der Waals surface area contributed by atoms with E-state index in [-0.39, 0.29) is 6.09 Å². The number of amides is 1. The first-order chi connectivity index (χ1) is 8.94. The van der Waals surface area contributed by atoms with Crippen molar-refractivity contribution in [1.82, 2.24) is 5.32 Å². The zero-order valence-electron chi connectivity index (χ0n) is 11.8. The molecule has 1 unspecified atom stereocenters. The molecular weight excluding hydrogens is 240 g/mol. The maximum absolute atomic E-state index is 11.6. The van der Waals surface area contributed by atoms with Crippen LogP contribution in [0.25, 0.3) is 0 Å². The summed E-state index contributed by atoms with van der Waals surface area (Å²) in [7, 11) is 0. The topological polar surface area (TPSA) is 50.4 Å². The van der Waals surface area contributed by atoms with E-state index in [0.29, 0.717) is 12.5 Å². The van der Waals surface area contributed by atoms with Gasteiger partial charge in [0.15, 0.2) is 0 Å². The summed E-state index contributed by atoms with van der Waals surface area (Å²) in [6.07, 6.45) is 0.644. The Morgan fingerprint density at radius 1 is 1.42 bits per heavy atom. The molecule has 4 nitrogen and oxygen atoms in total. The van der Waals surface area contributed by atoms with E-state index in [1.54, 1.807) is 0 Å².